The van der Waals surface area contributed by atoms with Crippen LogP contribution in [0, 0.1) is 5.82 Å². The van der Waals surface area contributed by atoms with E-state index < -0.39 is 17.6 Å². The first-order valence-corrected chi connectivity index (χ1v) is 5.34. The van der Waals surface area contributed by atoms with Gasteiger partial charge in [-0.2, -0.15) is 13.2 Å². The van der Waals surface area contributed by atoms with Crippen LogP contribution in [0.15, 0.2) is 42.5 Å². The molecule has 19 heavy (non-hydrogen) atoms. The molecule has 0 unspecified atom stereocenters. The van der Waals surface area contributed by atoms with Crippen LogP contribution in [0.1, 0.15) is 15.9 Å². The van der Waals surface area contributed by atoms with Crippen molar-refractivity contribution in [3.05, 3.63) is 59.4 Å². The Kier molecular flexibility index (Phi) is 3.38. The van der Waals surface area contributed by atoms with Gasteiger partial charge in [-0.3, -0.25) is 4.79 Å². The first-order valence-electron chi connectivity index (χ1n) is 5.34. The highest BCUT2D eigenvalue weighted by Gasteiger charge is 2.34. The van der Waals surface area contributed by atoms with Crippen molar-refractivity contribution in [2.75, 3.05) is 0 Å². The fourth-order valence-electron chi connectivity index (χ4n) is 1.68. The molecule has 0 spiro atoms. The number of carbonyl (C=O) groups is 1. The van der Waals surface area contributed by atoms with Gasteiger partial charge in [-0.25, -0.2) is 4.39 Å². The molecule has 0 aliphatic heterocycles. The summed E-state index contributed by atoms with van der Waals surface area (Å²) in [5.74, 6) is -1.30. The minimum absolute atomic E-state index is 0.242. The molecule has 0 fully saturated rings. The number of benzene rings is 2. The van der Waals surface area contributed by atoms with E-state index in [-0.39, 0.29) is 5.56 Å². The normalized spacial score (nSPS) is 11.4. The van der Waals surface area contributed by atoms with E-state index in [1.807, 2.05) is 0 Å². The summed E-state index contributed by atoms with van der Waals surface area (Å²) in [5.41, 5.74) is -0.159. The Balaban J connectivity index is 2.48. The van der Waals surface area contributed by atoms with Crippen molar-refractivity contribution in [2.24, 2.45) is 0 Å². The third kappa shape index (κ3) is 2.81. The third-order valence-corrected chi connectivity index (χ3v) is 2.65. The Morgan fingerprint density at radius 2 is 1.47 bits per heavy atom. The van der Waals surface area contributed by atoms with E-state index in [0.29, 0.717) is 17.4 Å². The van der Waals surface area contributed by atoms with Crippen LogP contribution in [0.25, 0.3) is 11.1 Å². The van der Waals surface area contributed by atoms with Crippen LogP contribution < -0.4 is 0 Å². The Hall–Kier alpha value is -2.17. The van der Waals surface area contributed by atoms with E-state index in [2.05, 4.69) is 0 Å². The molecule has 0 aromatic heterocycles. The van der Waals surface area contributed by atoms with Gasteiger partial charge in [-0.15, -0.1) is 0 Å². The molecule has 0 heterocycles. The molecule has 0 amide bonds. The number of carbonyl (C=O) groups excluding carboxylic acids is 1. The van der Waals surface area contributed by atoms with Crippen molar-refractivity contribution in [3.8, 4) is 11.1 Å². The molecule has 5 heteroatoms. The molecule has 0 aliphatic carbocycles. The van der Waals surface area contributed by atoms with Crippen LogP contribution in [-0.2, 0) is 6.18 Å². The highest BCUT2D eigenvalue weighted by molar-refractivity contribution is 5.77. The molecule has 0 atom stereocenters. The third-order valence-electron chi connectivity index (χ3n) is 2.65. The van der Waals surface area contributed by atoms with Gasteiger partial charge in [0.2, 0.25) is 0 Å². The van der Waals surface area contributed by atoms with Gasteiger partial charge in [0, 0.05) is 5.56 Å². The summed E-state index contributed by atoms with van der Waals surface area (Å²) < 4.78 is 50.9. The first-order chi connectivity index (χ1) is 8.91. The predicted octanol–water partition coefficient (Wildman–Crippen LogP) is 4.32. The molecular formula is C14H8F4O. The standard InChI is InChI=1S/C14H8F4O/c15-13-6-5-11(7-12(13)14(16,17)18)10-3-1-9(8-19)2-4-10/h1-8H. The van der Waals surface area contributed by atoms with Gasteiger partial charge in [0.05, 0.1) is 5.56 Å². The zero-order valence-electron chi connectivity index (χ0n) is 9.54. The number of rotatable bonds is 2. The van der Waals surface area contributed by atoms with Crippen LogP contribution in [0.4, 0.5) is 17.6 Å². The molecule has 1 nitrogen and oxygen atoms in total. The minimum Gasteiger partial charge on any atom is -0.298 e. The summed E-state index contributed by atoms with van der Waals surface area (Å²) in [6.45, 7) is 0. The summed E-state index contributed by atoms with van der Waals surface area (Å²) >= 11 is 0. The van der Waals surface area contributed by atoms with E-state index in [4.69, 9.17) is 0 Å². The van der Waals surface area contributed by atoms with Crippen molar-refractivity contribution in [1.82, 2.24) is 0 Å². The van der Waals surface area contributed by atoms with E-state index in [0.717, 1.165) is 12.1 Å². The average Bonchev–Trinajstić information content (AvgIpc) is 2.38. The lowest BCUT2D eigenvalue weighted by atomic mass is 10.0. The van der Waals surface area contributed by atoms with Gasteiger partial charge < -0.3 is 0 Å². The molecule has 0 N–H and O–H groups in total. The minimum atomic E-state index is -4.73. The van der Waals surface area contributed by atoms with Gasteiger partial charge in [0.1, 0.15) is 12.1 Å². The van der Waals surface area contributed by atoms with Crippen LogP contribution in [0.2, 0.25) is 0 Å². The monoisotopic (exact) mass is 268 g/mol. The summed E-state index contributed by atoms with van der Waals surface area (Å²) in [6, 6.07) is 8.80. The number of alkyl halides is 3. The van der Waals surface area contributed by atoms with Crippen molar-refractivity contribution in [1.29, 1.82) is 0 Å². The predicted molar refractivity (Wildman–Crippen MR) is 62.2 cm³/mol. The van der Waals surface area contributed by atoms with Crippen LogP contribution in [0.5, 0.6) is 0 Å². The Morgan fingerprint density at radius 1 is 0.895 bits per heavy atom. The largest absolute Gasteiger partial charge is 0.419 e. The maximum absolute atomic E-state index is 13.1. The van der Waals surface area contributed by atoms with Gasteiger partial charge in [0.25, 0.3) is 0 Å². The summed E-state index contributed by atoms with van der Waals surface area (Å²) in [4.78, 5) is 10.5. The van der Waals surface area contributed by atoms with E-state index in [1.165, 1.54) is 30.3 Å². The van der Waals surface area contributed by atoms with E-state index >= 15 is 0 Å². The summed E-state index contributed by atoms with van der Waals surface area (Å²) in [5, 5.41) is 0. The van der Waals surface area contributed by atoms with Crippen LogP contribution >= 0.6 is 0 Å². The first kappa shape index (κ1) is 13.3. The fraction of sp³-hybridized carbons (Fsp3) is 0.0714. The molecule has 98 valence electrons. The Bertz CT molecular complexity index is 600. The maximum Gasteiger partial charge on any atom is 0.419 e. The number of hydrogen-bond donors (Lipinski definition) is 0. The molecule has 2 aromatic carbocycles. The molecule has 2 rings (SSSR count). The van der Waals surface area contributed by atoms with E-state index in [1.54, 1.807) is 0 Å². The van der Waals surface area contributed by atoms with Gasteiger partial charge >= 0.3 is 6.18 Å². The second kappa shape index (κ2) is 4.84. The lowest BCUT2D eigenvalue weighted by Crippen LogP contribution is -2.08. The van der Waals surface area contributed by atoms with Crippen molar-refractivity contribution >= 4 is 6.29 Å². The molecule has 0 saturated carbocycles. The van der Waals surface area contributed by atoms with Crippen LogP contribution in [-0.4, -0.2) is 6.29 Å². The maximum atomic E-state index is 13.1. The SMILES string of the molecule is O=Cc1ccc(-c2ccc(F)c(C(F)(F)F)c2)cc1. The summed E-state index contributed by atoms with van der Waals surface area (Å²) in [6.07, 6.45) is -4.10. The van der Waals surface area contributed by atoms with Crippen LogP contribution in [0.3, 0.4) is 0 Å². The highest BCUT2D eigenvalue weighted by Crippen LogP contribution is 2.34. The van der Waals surface area contributed by atoms with Gasteiger partial charge in [-0.1, -0.05) is 30.3 Å². The summed E-state index contributed by atoms with van der Waals surface area (Å²) in [7, 11) is 0. The van der Waals surface area contributed by atoms with Crippen molar-refractivity contribution in [3.63, 3.8) is 0 Å². The lowest BCUT2D eigenvalue weighted by Gasteiger charge is -2.10. The number of hydrogen-bond acceptors (Lipinski definition) is 1. The quantitative estimate of drug-likeness (QED) is 0.585. The zero-order valence-corrected chi connectivity index (χ0v) is 9.54. The topological polar surface area (TPSA) is 17.1 Å². The smallest absolute Gasteiger partial charge is 0.298 e. The Labute approximate surface area is 106 Å². The van der Waals surface area contributed by atoms with Gasteiger partial charge in [-0.05, 0) is 23.3 Å². The molecule has 0 bridgehead atoms. The molecule has 0 saturated heterocycles. The van der Waals surface area contributed by atoms with Crippen molar-refractivity contribution in [2.45, 2.75) is 6.18 Å². The second-order valence-electron chi connectivity index (χ2n) is 3.93. The zero-order chi connectivity index (χ0) is 14.0. The molecular weight excluding hydrogens is 260 g/mol. The van der Waals surface area contributed by atoms with Gasteiger partial charge in [0.15, 0.2) is 0 Å². The molecule has 0 radical (unpaired) electrons. The lowest BCUT2D eigenvalue weighted by molar-refractivity contribution is -0.139. The second-order valence-corrected chi connectivity index (χ2v) is 3.93. The van der Waals surface area contributed by atoms with E-state index in [9.17, 15) is 22.4 Å². The highest BCUT2D eigenvalue weighted by atomic mass is 19.4. The molecule has 0 aliphatic rings. The Morgan fingerprint density at radius 3 is 2.00 bits per heavy atom. The average molecular weight is 268 g/mol. The fourth-order valence-corrected chi connectivity index (χ4v) is 1.68. The number of halogens is 4. The molecule has 2 aromatic rings. The number of aldehydes is 1. The van der Waals surface area contributed by atoms with Crippen molar-refractivity contribution < 1.29 is 22.4 Å².